The number of non-ortho nitro benzene ring substituents is 1. The molecular weight excluding hydrogens is 640 g/mol. The monoisotopic (exact) mass is 650 g/mol. The highest BCUT2D eigenvalue weighted by Gasteiger charge is 2.19. The summed E-state index contributed by atoms with van der Waals surface area (Å²) in [4.78, 5) is 35.8. The molecule has 36 heavy (non-hydrogen) atoms. The van der Waals surface area contributed by atoms with E-state index in [0.717, 1.165) is 15.8 Å². The predicted molar refractivity (Wildman–Crippen MR) is 146 cm³/mol. The lowest BCUT2D eigenvalue weighted by atomic mass is 10.2. The number of fused-ring (bicyclic) bond motifs is 1. The van der Waals surface area contributed by atoms with Gasteiger partial charge in [-0.25, -0.2) is 5.43 Å². The average Bonchev–Trinajstić information content (AvgIpc) is 3.18. The van der Waals surface area contributed by atoms with Crippen LogP contribution in [-0.4, -0.2) is 28.1 Å². The zero-order chi connectivity index (χ0) is 26.0. The smallest absolute Gasteiger partial charge is 0.271 e. The number of hydrogen-bond acceptors (Lipinski definition) is 7. The SMILES string of the molecule is O=C(N/N=C\c1cc(Br)cc(Br)c1O)c1ccc(NC(=O)c2sc3cc([N+](=O)[O-])ccc3c2Cl)cc1. The van der Waals surface area contributed by atoms with Gasteiger partial charge in [0.15, 0.2) is 0 Å². The molecule has 0 saturated heterocycles. The van der Waals surface area contributed by atoms with Gasteiger partial charge in [0.05, 0.1) is 20.6 Å². The number of nitro groups is 1. The van der Waals surface area contributed by atoms with Crippen LogP contribution >= 0.6 is 54.8 Å². The summed E-state index contributed by atoms with van der Waals surface area (Å²) in [5.74, 6) is -0.995. The first-order valence-corrected chi connectivity index (χ1v) is 12.7. The Morgan fingerprint density at radius 1 is 1.08 bits per heavy atom. The summed E-state index contributed by atoms with van der Waals surface area (Å²) < 4.78 is 1.71. The second-order valence-electron chi connectivity index (χ2n) is 7.24. The van der Waals surface area contributed by atoms with Crippen LogP contribution in [0, 0.1) is 10.1 Å². The second-order valence-corrected chi connectivity index (χ2v) is 10.4. The van der Waals surface area contributed by atoms with E-state index in [1.165, 1.54) is 36.5 Å². The molecule has 0 saturated carbocycles. The van der Waals surface area contributed by atoms with Crippen LogP contribution in [0.15, 0.2) is 68.6 Å². The molecule has 3 N–H and O–H groups in total. The van der Waals surface area contributed by atoms with Gasteiger partial charge in [0.2, 0.25) is 0 Å². The first-order valence-electron chi connectivity index (χ1n) is 9.93. The molecule has 0 aliphatic rings. The molecule has 0 radical (unpaired) electrons. The molecule has 3 aromatic carbocycles. The summed E-state index contributed by atoms with van der Waals surface area (Å²) in [7, 11) is 0. The average molecular weight is 653 g/mol. The Labute approximate surface area is 229 Å². The molecule has 0 fully saturated rings. The third-order valence-corrected chi connectivity index (χ3v) is 7.58. The number of hydrogen-bond donors (Lipinski definition) is 3. The number of aromatic hydroxyl groups is 1. The highest BCUT2D eigenvalue weighted by atomic mass is 79.9. The maximum atomic E-state index is 12.7. The molecule has 0 unspecified atom stereocenters. The van der Waals surface area contributed by atoms with E-state index < -0.39 is 16.7 Å². The van der Waals surface area contributed by atoms with E-state index in [0.29, 0.717) is 25.8 Å². The highest BCUT2D eigenvalue weighted by molar-refractivity contribution is 9.11. The minimum absolute atomic E-state index is 0.0201. The normalized spacial score (nSPS) is 11.1. The van der Waals surface area contributed by atoms with Crippen LogP contribution < -0.4 is 10.7 Å². The molecule has 4 rings (SSSR count). The zero-order valence-electron chi connectivity index (χ0n) is 17.8. The van der Waals surface area contributed by atoms with Gasteiger partial charge < -0.3 is 10.4 Å². The molecule has 0 bridgehead atoms. The number of rotatable bonds is 6. The number of nitro benzene ring substituents is 1. The molecule has 0 aliphatic heterocycles. The summed E-state index contributed by atoms with van der Waals surface area (Å²) in [5, 5.41) is 28.4. The standard InChI is InChI=1S/C23H13Br2ClN4O5S/c24-13-7-12(20(31)17(25)8-13)10-27-29-22(32)11-1-3-14(4-2-11)28-23(33)21-19(26)16-6-5-15(30(34)35)9-18(16)36-21/h1-10,31H,(H,28,33)(H,29,32)/b27-10-. The van der Waals surface area contributed by atoms with E-state index in [4.69, 9.17) is 11.6 Å². The van der Waals surface area contributed by atoms with Gasteiger partial charge in [-0.05, 0) is 58.4 Å². The molecule has 1 heterocycles. The molecule has 9 nitrogen and oxygen atoms in total. The number of nitrogens with one attached hydrogen (secondary N) is 2. The van der Waals surface area contributed by atoms with Crippen molar-refractivity contribution in [3.8, 4) is 5.75 Å². The third-order valence-electron chi connectivity index (χ3n) is 4.86. The van der Waals surface area contributed by atoms with Gasteiger partial charge >= 0.3 is 0 Å². The Morgan fingerprint density at radius 2 is 1.81 bits per heavy atom. The van der Waals surface area contributed by atoms with Crippen molar-refractivity contribution in [3.63, 3.8) is 0 Å². The van der Waals surface area contributed by atoms with Gasteiger partial charge in [0, 0.05) is 43.5 Å². The van der Waals surface area contributed by atoms with Crippen molar-refractivity contribution in [3.05, 3.63) is 94.7 Å². The summed E-state index contributed by atoms with van der Waals surface area (Å²) in [5.41, 5.74) is 3.38. The van der Waals surface area contributed by atoms with Crippen LogP contribution in [0.1, 0.15) is 25.6 Å². The molecule has 182 valence electrons. The van der Waals surface area contributed by atoms with Crippen LogP contribution in [0.2, 0.25) is 5.02 Å². The maximum absolute atomic E-state index is 12.7. The van der Waals surface area contributed by atoms with Crippen LogP contribution in [0.5, 0.6) is 5.75 Å². The Balaban J connectivity index is 1.42. The quantitative estimate of drug-likeness (QED) is 0.121. The number of amides is 2. The molecule has 0 spiro atoms. The van der Waals surface area contributed by atoms with Crippen LogP contribution in [0.4, 0.5) is 11.4 Å². The Hall–Kier alpha value is -3.32. The first kappa shape index (κ1) is 25.8. The fraction of sp³-hybridized carbons (Fsp3) is 0. The van der Waals surface area contributed by atoms with Crippen molar-refractivity contribution < 1.29 is 19.6 Å². The van der Waals surface area contributed by atoms with Crippen molar-refractivity contribution in [1.82, 2.24) is 5.43 Å². The van der Waals surface area contributed by atoms with E-state index in [1.54, 1.807) is 24.3 Å². The van der Waals surface area contributed by atoms with Gasteiger partial charge in [-0.3, -0.25) is 19.7 Å². The lowest BCUT2D eigenvalue weighted by Crippen LogP contribution is -2.17. The van der Waals surface area contributed by atoms with Crippen molar-refractivity contribution in [2.75, 3.05) is 5.32 Å². The van der Waals surface area contributed by atoms with Gasteiger partial charge in [-0.15, -0.1) is 11.3 Å². The van der Waals surface area contributed by atoms with Gasteiger partial charge in [-0.2, -0.15) is 5.10 Å². The van der Waals surface area contributed by atoms with Crippen molar-refractivity contribution in [1.29, 1.82) is 0 Å². The summed E-state index contributed by atoms with van der Waals surface area (Å²) in [6.45, 7) is 0. The maximum Gasteiger partial charge on any atom is 0.271 e. The number of phenolic OH excluding ortho intramolecular Hbond substituents is 1. The molecule has 2 amide bonds. The number of carbonyl (C=O) groups is 2. The number of halogens is 3. The van der Waals surface area contributed by atoms with Gasteiger partial charge in [0.25, 0.3) is 17.5 Å². The molecule has 13 heteroatoms. The molecule has 0 atom stereocenters. The second kappa shape index (κ2) is 10.7. The number of benzene rings is 3. The molecule has 0 aliphatic carbocycles. The number of nitrogens with zero attached hydrogens (tertiary/aromatic N) is 2. The minimum atomic E-state index is -0.514. The number of thiophene rings is 1. The van der Waals surface area contributed by atoms with E-state index in [-0.39, 0.29) is 26.9 Å². The zero-order valence-corrected chi connectivity index (χ0v) is 22.5. The number of anilines is 1. The number of phenols is 1. The van der Waals surface area contributed by atoms with E-state index in [2.05, 4.69) is 47.7 Å². The van der Waals surface area contributed by atoms with Gasteiger partial charge in [0.1, 0.15) is 10.6 Å². The largest absolute Gasteiger partial charge is 0.506 e. The van der Waals surface area contributed by atoms with Gasteiger partial charge in [-0.1, -0.05) is 27.5 Å². The lowest BCUT2D eigenvalue weighted by molar-refractivity contribution is -0.384. The molecule has 1 aromatic heterocycles. The van der Waals surface area contributed by atoms with E-state index in [9.17, 15) is 24.8 Å². The molecule has 4 aromatic rings. The van der Waals surface area contributed by atoms with Crippen LogP contribution in [0.25, 0.3) is 10.1 Å². The predicted octanol–water partition coefficient (Wildman–Crippen LogP) is 6.71. The molecular formula is C23H13Br2ClN4O5S. The van der Waals surface area contributed by atoms with E-state index in [1.807, 2.05) is 0 Å². The Bertz CT molecular complexity index is 1560. The summed E-state index contributed by atoms with van der Waals surface area (Å²) in [6.07, 6.45) is 1.31. The fourth-order valence-corrected chi connectivity index (χ4v) is 5.82. The minimum Gasteiger partial charge on any atom is -0.506 e. The summed E-state index contributed by atoms with van der Waals surface area (Å²) in [6, 6.07) is 13.6. The van der Waals surface area contributed by atoms with Crippen molar-refractivity contribution in [2.24, 2.45) is 5.10 Å². The number of hydrazone groups is 1. The Kier molecular flexibility index (Phi) is 7.69. The lowest BCUT2D eigenvalue weighted by Gasteiger charge is -2.06. The fourth-order valence-electron chi connectivity index (χ4n) is 3.12. The van der Waals surface area contributed by atoms with Crippen molar-refractivity contribution in [2.45, 2.75) is 0 Å². The first-order chi connectivity index (χ1) is 17.1. The van der Waals surface area contributed by atoms with Crippen LogP contribution in [0.3, 0.4) is 0 Å². The third kappa shape index (κ3) is 5.57. The summed E-state index contributed by atoms with van der Waals surface area (Å²) >= 11 is 13.9. The van der Waals surface area contributed by atoms with Crippen molar-refractivity contribution >= 4 is 94.3 Å². The highest BCUT2D eigenvalue weighted by Crippen LogP contribution is 2.37. The van der Waals surface area contributed by atoms with Crippen LogP contribution in [-0.2, 0) is 0 Å². The topological polar surface area (TPSA) is 134 Å². The van der Waals surface area contributed by atoms with E-state index >= 15 is 0 Å². The number of carbonyl (C=O) groups excluding carboxylic acids is 2. The Morgan fingerprint density at radius 3 is 2.50 bits per heavy atom.